The molecular formula is C23H27N3O3. The van der Waals surface area contributed by atoms with Gasteiger partial charge in [-0.1, -0.05) is 12.1 Å². The Balaban J connectivity index is 1.69. The van der Waals surface area contributed by atoms with Crippen LogP contribution in [0.25, 0.3) is 11.3 Å². The van der Waals surface area contributed by atoms with Crippen LogP contribution < -0.4 is 15.0 Å². The lowest BCUT2D eigenvalue weighted by Gasteiger charge is -2.11. The molecule has 0 atom stereocenters. The number of methoxy groups -OCH3 is 1. The van der Waals surface area contributed by atoms with Crippen LogP contribution in [-0.2, 0) is 6.42 Å². The summed E-state index contributed by atoms with van der Waals surface area (Å²) < 4.78 is 10.9. The monoisotopic (exact) mass is 393 g/mol. The Labute approximate surface area is 171 Å². The van der Waals surface area contributed by atoms with E-state index in [9.17, 15) is 4.79 Å². The number of ether oxygens (including phenoxy) is 2. The molecule has 0 unspecified atom stereocenters. The summed E-state index contributed by atoms with van der Waals surface area (Å²) in [5.41, 5.74) is 2.97. The van der Waals surface area contributed by atoms with Gasteiger partial charge in [-0.05, 0) is 62.5 Å². The Morgan fingerprint density at radius 3 is 2.34 bits per heavy atom. The molecule has 6 nitrogen and oxygen atoms in total. The third kappa shape index (κ3) is 5.93. The third-order valence-corrected chi connectivity index (χ3v) is 4.56. The predicted octanol–water partition coefficient (Wildman–Crippen LogP) is 3.37. The van der Waals surface area contributed by atoms with Crippen LogP contribution in [0.15, 0.2) is 59.5 Å². The van der Waals surface area contributed by atoms with Crippen molar-refractivity contribution in [2.75, 3.05) is 34.4 Å². The van der Waals surface area contributed by atoms with Crippen molar-refractivity contribution in [3.63, 3.8) is 0 Å². The van der Waals surface area contributed by atoms with Crippen LogP contribution in [0.1, 0.15) is 17.7 Å². The molecule has 152 valence electrons. The zero-order valence-electron chi connectivity index (χ0n) is 17.1. The van der Waals surface area contributed by atoms with Crippen LogP contribution >= 0.6 is 0 Å². The fourth-order valence-corrected chi connectivity index (χ4v) is 2.94. The van der Waals surface area contributed by atoms with Gasteiger partial charge in [-0.15, -0.1) is 0 Å². The molecule has 3 aromatic rings. The molecule has 3 rings (SSSR count). The number of hydrogen-bond acceptors (Lipinski definition) is 5. The highest BCUT2D eigenvalue weighted by atomic mass is 16.5. The molecule has 0 aliphatic rings. The molecule has 0 radical (unpaired) electrons. The van der Waals surface area contributed by atoms with Gasteiger partial charge in [0.25, 0.3) is 5.56 Å². The van der Waals surface area contributed by atoms with Gasteiger partial charge in [0.05, 0.1) is 19.4 Å². The lowest BCUT2D eigenvalue weighted by Crippen LogP contribution is -2.15. The van der Waals surface area contributed by atoms with E-state index in [0.29, 0.717) is 18.7 Å². The molecule has 1 aromatic heterocycles. The molecule has 29 heavy (non-hydrogen) atoms. The lowest BCUT2D eigenvalue weighted by atomic mass is 10.1. The van der Waals surface area contributed by atoms with Crippen LogP contribution in [-0.4, -0.2) is 49.2 Å². The quantitative estimate of drug-likeness (QED) is 0.565. The van der Waals surface area contributed by atoms with Crippen molar-refractivity contribution in [3.05, 3.63) is 76.3 Å². The first kappa shape index (κ1) is 20.6. The van der Waals surface area contributed by atoms with E-state index in [1.54, 1.807) is 13.3 Å². The third-order valence-electron chi connectivity index (χ3n) is 4.56. The zero-order chi connectivity index (χ0) is 20.6. The molecule has 0 saturated carbocycles. The van der Waals surface area contributed by atoms with Crippen molar-refractivity contribution in [2.45, 2.75) is 12.8 Å². The highest BCUT2D eigenvalue weighted by Crippen LogP contribution is 2.21. The van der Waals surface area contributed by atoms with Crippen LogP contribution in [0.3, 0.4) is 0 Å². The van der Waals surface area contributed by atoms with Gasteiger partial charge in [-0.3, -0.25) is 4.79 Å². The Bertz CT molecular complexity index is 964. The van der Waals surface area contributed by atoms with Gasteiger partial charge in [0.1, 0.15) is 17.2 Å². The normalized spacial score (nSPS) is 10.9. The fourth-order valence-electron chi connectivity index (χ4n) is 2.94. The minimum Gasteiger partial charge on any atom is -0.497 e. The number of benzene rings is 2. The molecule has 0 amide bonds. The lowest BCUT2D eigenvalue weighted by molar-refractivity contribution is 0.281. The van der Waals surface area contributed by atoms with Gasteiger partial charge < -0.3 is 19.4 Å². The first-order chi connectivity index (χ1) is 14.0. The predicted molar refractivity (Wildman–Crippen MR) is 115 cm³/mol. The van der Waals surface area contributed by atoms with Gasteiger partial charge in [0, 0.05) is 24.7 Å². The number of nitrogens with one attached hydrogen (secondary N) is 1. The first-order valence-electron chi connectivity index (χ1n) is 9.64. The van der Waals surface area contributed by atoms with Crippen LogP contribution in [0.2, 0.25) is 0 Å². The number of nitrogens with zero attached hydrogens (tertiary/aromatic N) is 2. The largest absolute Gasteiger partial charge is 0.497 e. The molecule has 0 fully saturated rings. The molecule has 0 saturated heterocycles. The van der Waals surface area contributed by atoms with E-state index in [4.69, 9.17) is 9.47 Å². The van der Waals surface area contributed by atoms with E-state index >= 15 is 0 Å². The summed E-state index contributed by atoms with van der Waals surface area (Å²) in [7, 11) is 5.73. The van der Waals surface area contributed by atoms with Crippen molar-refractivity contribution in [2.24, 2.45) is 0 Å². The van der Waals surface area contributed by atoms with Crippen molar-refractivity contribution in [1.82, 2.24) is 14.9 Å². The number of hydrogen-bond donors (Lipinski definition) is 1. The molecule has 0 aliphatic heterocycles. The highest BCUT2D eigenvalue weighted by molar-refractivity contribution is 5.59. The molecule has 6 heteroatoms. The van der Waals surface area contributed by atoms with Gasteiger partial charge in [0.15, 0.2) is 0 Å². The van der Waals surface area contributed by atoms with Gasteiger partial charge in [-0.2, -0.15) is 0 Å². The molecule has 0 bridgehead atoms. The minimum absolute atomic E-state index is 0.176. The van der Waals surface area contributed by atoms with Crippen molar-refractivity contribution >= 4 is 0 Å². The second-order valence-corrected chi connectivity index (χ2v) is 7.12. The van der Waals surface area contributed by atoms with Crippen molar-refractivity contribution in [1.29, 1.82) is 0 Å². The van der Waals surface area contributed by atoms with Crippen LogP contribution in [0.5, 0.6) is 11.5 Å². The Kier molecular flexibility index (Phi) is 7.03. The maximum atomic E-state index is 12.2. The molecule has 1 heterocycles. The molecule has 0 aliphatic carbocycles. The van der Waals surface area contributed by atoms with Gasteiger partial charge in [-0.25, -0.2) is 4.98 Å². The Hall–Kier alpha value is -3.12. The van der Waals surface area contributed by atoms with E-state index in [1.165, 1.54) is 0 Å². The van der Waals surface area contributed by atoms with E-state index in [0.717, 1.165) is 41.3 Å². The van der Waals surface area contributed by atoms with Crippen molar-refractivity contribution < 1.29 is 9.47 Å². The minimum atomic E-state index is -0.176. The van der Waals surface area contributed by atoms with Gasteiger partial charge >= 0.3 is 0 Å². The fraction of sp³-hybridized carbons (Fsp3) is 0.304. The summed E-state index contributed by atoms with van der Waals surface area (Å²) in [6.45, 7) is 1.68. The first-order valence-corrected chi connectivity index (χ1v) is 9.64. The molecule has 0 spiro atoms. The number of aromatic nitrogens is 2. The summed E-state index contributed by atoms with van der Waals surface area (Å²) >= 11 is 0. The Morgan fingerprint density at radius 2 is 1.69 bits per heavy atom. The van der Waals surface area contributed by atoms with Gasteiger partial charge in [0.2, 0.25) is 0 Å². The highest BCUT2D eigenvalue weighted by Gasteiger charge is 2.08. The van der Waals surface area contributed by atoms with E-state index < -0.39 is 0 Å². The summed E-state index contributed by atoms with van der Waals surface area (Å²) in [5.74, 6) is 1.61. The smallest absolute Gasteiger partial charge is 0.270 e. The average molecular weight is 393 g/mol. The SMILES string of the molecule is COc1ccc(Cc2nc(-c3ccc(OCCCN(C)C)cc3)c[nH]c2=O)cc1. The maximum Gasteiger partial charge on any atom is 0.270 e. The Morgan fingerprint density at radius 1 is 1.00 bits per heavy atom. The molecular weight excluding hydrogens is 366 g/mol. The number of rotatable bonds is 9. The van der Waals surface area contributed by atoms with Crippen molar-refractivity contribution in [3.8, 4) is 22.8 Å². The van der Waals surface area contributed by atoms with E-state index in [2.05, 4.69) is 29.0 Å². The molecule has 2 aromatic carbocycles. The summed E-state index contributed by atoms with van der Waals surface area (Å²) in [6.07, 6.45) is 3.08. The van der Waals surface area contributed by atoms with E-state index in [1.807, 2.05) is 48.5 Å². The number of aromatic amines is 1. The standard InChI is InChI=1S/C23H27N3O3/c1-26(2)13-4-14-29-20-11-7-18(8-12-20)22-16-24-23(27)21(25-22)15-17-5-9-19(28-3)10-6-17/h5-12,16H,4,13-15H2,1-3H3,(H,24,27). The molecule has 1 N–H and O–H groups in total. The van der Waals surface area contributed by atoms with Crippen LogP contribution in [0.4, 0.5) is 0 Å². The van der Waals surface area contributed by atoms with Crippen LogP contribution in [0, 0.1) is 0 Å². The topological polar surface area (TPSA) is 67.5 Å². The second-order valence-electron chi connectivity index (χ2n) is 7.12. The second kappa shape index (κ2) is 9.89. The number of H-pyrrole nitrogens is 1. The summed E-state index contributed by atoms with van der Waals surface area (Å²) in [6, 6.07) is 15.4. The summed E-state index contributed by atoms with van der Waals surface area (Å²) in [4.78, 5) is 21.7. The summed E-state index contributed by atoms with van der Waals surface area (Å²) in [5, 5.41) is 0. The van der Waals surface area contributed by atoms with E-state index in [-0.39, 0.29) is 5.56 Å². The maximum absolute atomic E-state index is 12.2. The average Bonchev–Trinajstić information content (AvgIpc) is 2.74. The zero-order valence-corrected chi connectivity index (χ0v) is 17.1.